The molecule has 0 radical (unpaired) electrons. The lowest BCUT2D eigenvalue weighted by atomic mass is 10.3. The van der Waals surface area contributed by atoms with Crippen molar-refractivity contribution in [2.45, 2.75) is 59.7 Å². The van der Waals surface area contributed by atoms with E-state index >= 15 is 4.11 Å². The van der Waals surface area contributed by atoms with Crippen LogP contribution in [-0.2, 0) is 16.5 Å². The van der Waals surface area contributed by atoms with E-state index in [0.717, 1.165) is 0 Å². The summed E-state index contributed by atoms with van der Waals surface area (Å²) in [4.78, 5) is 0. The third-order valence-electron chi connectivity index (χ3n) is 3.11. The molecule has 0 aromatic rings. The fraction of sp³-hybridized carbons (Fsp3) is 1.00. The van der Waals surface area contributed by atoms with Crippen molar-refractivity contribution in [1.82, 2.24) is 0 Å². The molecule has 150 valence electrons. The normalized spacial score (nSPS) is 36.7. The zero-order valence-electron chi connectivity index (χ0n) is 15.4. The van der Waals surface area contributed by atoms with Crippen LogP contribution in [-0.4, -0.2) is 35.9 Å². The fourth-order valence-electron chi connectivity index (χ4n) is 2.61. The first kappa shape index (κ1) is 23.4. The van der Waals surface area contributed by atoms with Crippen LogP contribution in [0.25, 0.3) is 0 Å². The first-order chi connectivity index (χ1) is 11.1. The summed E-state index contributed by atoms with van der Waals surface area (Å²) in [6.45, 7) is 9.52. The van der Waals surface area contributed by atoms with Gasteiger partial charge in [0.1, 0.15) is 0 Å². The Labute approximate surface area is 150 Å². The van der Waals surface area contributed by atoms with Gasteiger partial charge in [0.15, 0.2) is 0 Å². The van der Waals surface area contributed by atoms with Gasteiger partial charge in [0, 0.05) is 18.1 Å². The molecule has 0 aromatic heterocycles. The summed E-state index contributed by atoms with van der Waals surface area (Å²) in [5.74, 6) is -1.18. The maximum atomic E-state index is 15.3. The molecule has 1 fully saturated rings. The van der Waals surface area contributed by atoms with Crippen molar-refractivity contribution in [3.8, 4) is 0 Å². The average molecular weight is 443 g/mol. The van der Waals surface area contributed by atoms with Crippen LogP contribution in [0.2, 0.25) is 18.1 Å². The predicted molar refractivity (Wildman–Crippen MR) is 91.8 cm³/mol. The van der Waals surface area contributed by atoms with E-state index < -0.39 is 59.8 Å². The number of hydrogen-bond donors (Lipinski definition) is 0. The Morgan fingerprint density at radius 1 is 0.520 bits per heavy atom. The molecule has 0 amide bonds. The van der Waals surface area contributed by atoms with Crippen LogP contribution < -0.4 is 0 Å². The minimum absolute atomic E-state index is 0.344. The molecule has 3 atom stereocenters. The monoisotopic (exact) mass is 442 g/mol. The summed E-state index contributed by atoms with van der Waals surface area (Å²) in [5.41, 5.74) is 0. The maximum Gasteiger partial charge on any atom is 0.746 e. The topological polar surface area (TPSA) is 36.9 Å². The molecule has 1 aliphatic rings. The minimum atomic E-state index is -6.20. The van der Waals surface area contributed by atoms with Gasteiger partial charge >= 0.3 is 35.9 Å². The SMILES string of the molecule is CC(C)C[Si]1(F)O[Si@@](F)(CC(C)C)O[Si](F)(F)O[Si@@](F)(CC(C)C)O1. The average Bonchev–Trinajstić information content (AvgIpc) is 2.16. The Morgan fingerprint density at radius 2 is 0.760 bits per heavy atom. The smallest absolute Gasteiger partial charge is 0.366 e. The molecule has 13 heteroatoms. The molecule has 1 unspecified atom stereocenters. The lowest BCUT2D eigenvalue weighted by Crippen LogP contribution is -2.65. The van der Waals surface area contributed by atoms with Gasteiger partial charge in [0.25, 0.3) is 0 Å². The third kappa shape index (κ3) is 7.86. The first-order valence-corrected chi connectivity index (χ1v) is 15.6. The van der Waals surface area contributed by atoms with Crippen LogP contribution in [0.1, 0.15) is 41.5 Å². The summed E-state index contributed by atoms with van der Waals surface area (Å²) in [7, 11) is -21.4. The van der Waals surface area contributed by atoms with Crippen LogP contribution in [0, 0.1) is 17.8 Å². The van der Waals surface area contributed by atoms with Gasteiger partial charge in [-0.2, -0.15) is 0 Å². The van der Waals surface area contributed by atoms with E-state index in [1.165, 1.54) is 0 Å². The van der Waals surface area contributed by atoms with Gasteiger partial charge in [-0.1, -0.05) is 41.5 Å². The van der Waals surface area contributed by atoms with Gasteiger partial charge in [-0.25, -0.2) is 20.5 Å². The van der Waals surface area contributed by atoms with Gasteiger partial charge in [0.05, 0.1) is 0 Å². The van der Waals surface area contributed by atoms with E-state index in [2.05, 4.69) is 8.23 Å². The van der Waals surface area contributed by atoms with E-state index in [9.17, 15) is 16.4 Å². The predicted octanol–water partition coefficient (Wildman–Crippen LogP) is 5.13. The van der Waals surface area contributed by atoms with Crippen molar-refractivity contribution in [2.24, 2.45) is 17.8 Å². The molecule has 1 saturated heterocycles. The lowest BCUT2D eigenvalue weighted by Gasteiger charge is -2.40. The highest BCUT2D eigenvalue weighted by molar-refractivity contribution is 6.87. The Balaban J connectivity index is 3.26. The summed E-state index contributed by atoms with van der Waals surface area (Å²) < 4.78 is 91.7. The third-order valence-corrected chi connectivity index (χ3v) is 16.2. The van der Waals surface area contributed by atoms with Crippen molar-refractivity contribution in [2.75, 3.05) is 0 Å². The zero-order chi connectivity index (χ0) is 19.7. The Morgan fingerprint density at radius 3 is 1.00 bits per heavy atom. The Kier molecular flexibility index (Phi) is 7.64. The fourth-order valence-corrected chi connectivity index (χ4v) is 16.2. The number of halogens is 5. The molecule has 0 spiro atoms. The van der Waals surface area contributed by atoms with Crippen molar-refractivity contribution < 1.29 is 37.0 Å². The summed E-state index contributed by atoms with van der Waals surface area (Å²) >= 11 is 0. The van der Waals surface area contributed by atoms with Gasteiger partial charge in [-0.15, -0.1) is 0 Å². The van der Waals surface area contributed by atoms with Crippen LogP contribution in [0.4, 0.5) is 20.5 Å². The second kappa shape index (κ2) is 8.16. The summed E-state index contributed by atoms with van der Waals surface area (Å²) in [5, 5.41) is 0. The van der Waals surface area contributed by atoms with Crippen molar-refractivity contribution in [1.29, 1.82) is 0 Å². The van der Waals surface area contributed by atoms with Gasteiger partial charge < -0.3 is 16.5 Å². The van der Waals surface area contributed by atoms with E-state index in [1.807, 2.05) is 0 Å². The highest BCUT2D eigenvalue weighted by Crippen LogP contribution is 2.40. The lowest BCUT2D eigenvalue weighted by molar-refractivity contribution is 0.0966. The molecule has 1 aliphatic heterocycles. The molecular formula is C12H27F5O4Si4. The summed E-state index contributed by atoms with van der Waals surface area (Å²) in [6, 6.07) is -1.41. The second-order valence-electron chi connectivity index (χ2n) is 7.65. The Hall–Kier alpha value is 0.358. The first-order valence-electron chi connectivity index (χ1n) is 8.33. The van der Waals surface area contributed by atoms with Gasteiger partial charge in [-0.05, 0) is 17.8 Å². The largest absolute Gasteiger partial charge is 0.746 e. The quantitative estimate of drug-likeness (QED) is 0.324. The van der Waals surface area contributed by atoms with Gasteiger partial charge in [0.2, 0.25) is 0 Å². The van der Waals surface area contributed by atoms with Crippen LogP contribution in [0.3, 0.4) is 0 Å². The van der Waals surface area contributed by atoms with E-state index in [-0.39, 0.29) is 12.0 Å². The highest BCUT2D eigenvalue weighted by atomic mass is 28.6. The molecule has 1 rings (SSSR count). The maximum absolute atomic E-state index is 15.3. The number of rotatable bonds is 6. The minimum Gasteiger partial charge on any atom is -0.366 e. The molecule has 1 heterocycles. The standard InChI is InChI=1S/C12H27F5O4Si4/c1-10(2)7-22(13)18-23(14,8-11(3)4)20-25(16,17)21-24(15,19-22)9-12(5)6/h10-12H,7-9H2,1-6H3/t22?,23-,24+. The van der Waals surface area contributed by atoms with E-state index in [4.69, 9.17) is 8.23 Å². The summed E-state index contributed by atoms with van der Waals surface area (Å²) in [6.07, 6.45) is 0. The molecule has 0 aliphatic carbocycles. The second-order valence-corrected chi connectivity index (χ2v) is 17.0. The van der Waals surface area contributed by atoms with Gasteiger partial charge in [-0.3, -0.25) is 0 Å². The number of hydrogen-bond acceptors (Lipinski definition) is 4. The highest BCUT2D eigenvalue weighted by Gasteiger charge is 2.69. The molecule has 0 saturated carbocycles. The molecule has 0 aromatic carbocycles. The van der Waals surface area contributed by atoms with Crippen molar-refractivity contribution in [3.05, 3.63) is 0 Å². The van der Waals surface area contributed by atoms with Crippen molar-refractivity contribution >= 4 is 35.9 Å². The molecular weight excluding hydrogens is 415 g/mol. The molecule has 0 bridgehead atoms. The van der Waals surface area contributed by atoms with Crippen molar-refractivity contribution in [3.63, 3.8) is 0 Å². The van der Waals surface area contributed by atoms with Crippen LogP contribution in [0.5, 0.6) is 0 Å². The van der Waals surface area contributed by atoms with Crippen LogP contribution >= 0.6 is 0 Å². The molecule has 0 N–H and O–H groups in total. The molecule has 4 nitrogen and oxygen atoms in total. The Bertz CT molecular complexity index is 429. The van der Waals surface area contributed by atoms with Crippen LogP contribution in [0.15, 0.2) is 0 Å². The zero-order valence-corrected chi connectivity index (χ0v) is 19.4. The van der Waals surface area contributed by atoms with E-state index in [0.29, 0.717) is 0 Å². The van der Waals surface area contributed by atoms with E-state index in [1.54, 1.807) is 41.5 Å². The molecule has 25 heavy (non-hydrogen) atoms.